The summed E-state index contributed by atoms with van der Waals surface area (Å²) in [5.41, 5.74) is 2.94. The number of hydrogen-bond acceptors (Lipinski definition) is 2. The Balaban J connectivity index is 2.02. The molecule has 0 aliphatic carbocycles. The van der Waals surface area contributed by atoms with Crippen molar-refractivity contribution in [1.29, 1.82) is 0 Å². The minimum Gasteiger partial charge on any atom is -0.480 e. The zero-order valence-corrected chi connectivity index (χ0v) is 13.5. The van der Waals surface area contributed by atoms with Gasteiger partial charge >= 0.3 is 5.97 Å². The maximum atomic E-state index is 11.8. The van der Waals surface area contributed by atoms with E-state index >= 15 is 0 Å². The summed E-state index contributed by atoms with van der Waals surface area (Å²) >= 11 is 1.37. The Morgan fingerprint density at radius 2 is 1.70 bits per heavy atom. The summed E-state index contributed by atoms with van der Waals surface area (Å²) in [5.74, 6) is -0.832. The van der Waals surface area contributed by atoms with E-state index in [2.05, 4.69) is 0 Å². The fourth-order valence-corrected chi connectivity index (χ4v) is 3.74. The molecule has 23 heavy (non-hydrogen) atoms. The third-order valence-electron chi connectivity index (χ3n) is 3.63. The fourth-order valence-electron chi connectivity index (χ4n) is 2.56. The summed E-state index contributed by atoms with van der Waals surface area (Å²) in [7, 11) is 0. The van der Waals surface area contributed by atoms with Crippen LogP contribution in [0.4, 0.5) is 0 Å². The second kappa shape index (κ2) is 6.75. The highest BCUT2D eigenvalue weighted by Crippen LogP contribution is 2.39. The summed E-state index contributed by atoms with van der Waals surface area (Å²) in [5, 5.41) is 9.02. The Kier molecular flexibility index (Phi) is 4.53. The lowest BCUT2D eigenvalue weighted by Gasteiger charge is -2.17. The van der Waals surface area contributed by atoms with Crippen LogP contribution in [-0.4, -0.2) is 15.6 Å². The van der Waals surface area contributed by atoms with Crippen LogP contribution < -0.4 is 0 Å². The van der Waals surface area contributed by atoms with Gasteiger partial charge < -0.3 is 9.67 Å². The smallest absolute Gasteiger partial charge is 0.321 e. The first-order valence-corrected chi connectivity index (χ1v) is 8.22. The maximum absolute atomic E-state index is 11.8. The van der Waals surface area contributed by atoms with Gasteiger partial charge in [-0.05, 0) is 36.2 Å². The highest BCUT2D eigenvalue weighted by Gasteiger charge is 2.23. The topological polar surface area (TPSA) is 42.2 Å². The number of hydrogen-bond donors (Lipinski definition) is 1. The van der Waals surface area contributed by atoms with E-state index in [-0.39, 0.29) is 0 Å². The Morgan fingerprint density at radius 1 is 1.00 bits per heavy atom. The summed E-state index contributed by atoms with van der Waals surface area (Å²) < 4.78 is 2.03. The van der Waals surface area contributed by atoms with Gasteiger partial charge in [0, 0.05) is 17.3 Å². The Bertz CT molecular complexity index is 798. The number of para-hydroxylation sites is 1. The lowest BCUT2D eigenvalue weighted by atomic mass is 10.1. The Morgan fingerprint density at radius 3 is 2.35 bits per heavy atom. The van der Waals surface area contributed by atoms with Crippen molar-refractivity contribution in [3.05, 3.63) is 84.2 Å². The highest BCUT2D eigenvalue weighted by molar-refractivity contribution is 8.00. The first-order chi connectivity index (χ1) is 11.2. The van der Waals surface area contributed by atoms with Crippen LogP contribution in [0.1, 0.15) is 16.4 Å². The van der Waals surface area contributed by atoms with Crippen LogP contribution in [-0.2, 0) is 4.79 Å². The lowest BCUT2D eigenvalue weighted by Crippen LogP contribution is -2.08. The predicted octanol–water partition coefficient (Wildman–Crippen LogP) is 4.70. The van der Waals surface area contributed by atoms with Crippen molar-refractivity contribution in [2.24, 2.45) is 0 Å². The van der Waals surface area contributed by atoms with Crippen LogP contribution in [0.2, 0.25) is 0 Å². The third-order valence-corrected chi connectivity index (χ3v) is 4.93. The van der Waals surface area contributed by atoms with Gasteiger partial charge in [-0.1, -0.05) is 42.5 Å². The van der Waals surface area contributed by atoms with E-state index in [1.165, 1.54) is 11.8 Å². The number of aromatic nitrogens is 1. The fraction of sp³-hybridized carbons (Fsp3) is 0.105. The van der Waals surface area contributed by atoms with Gasteiger partial charge in [0.15, 0.2) is 0 Å². The number of carboxylic acids is 1. The molecule has 0 spiro atoms. The molecular weight excluding hydrogens is 306 g/mol. The molecular formula is C19H17NO2S. The molecule has 1 atom stereocenters. The molecule has 2 aromatic carbocycles. The minimum atomic E-state index is -0.832. The van der Waals surface area contributed by atoms with Crippen LogP contribution in [0.5, 0.6) is 0 Å². The second-order valence-electron chi connectivity index (χ2n) is 5.26. The molecule has 0 fully saturated rings. The molecule has 0 amide bonds. The van der Waals surface area contributed by atoms with Crippen molar-refractivity contribution in [3.63, 3.8) is 0 Å². The standard InChI is InChI=1S/C19H17NO2S/c1-14-8-7-11-16(17(14)20-12-5-6-13-20)23-18(19(21)22)15-9-3-2-4-10-15/h2-13,18H,1H3,(H,21,22). The van der Waals surface area contributed by atoms with Gasteiger partial charge in [-0.3, -0.25) is 4.79 Å². The number of rotatable bonds is 5. The molecule has 1 aromatic heterocycles. The molecule has 4 heteroatoms. The van der Waals surface area contributed by atoms with Crippen molar-refractivity contribution in [1.82, 2.24) is 4.57 Å². The third kappa shape index (κ3) is 3.32. The van der Waals surface area contributed by atoms with E-state index in [9.17, 15) is 9.90 Å². The van der Waals surface area contributed by atoms with Crippen molar-refractivity contribution in [2.45, 2.75) is 17.1 Å². The van der Waals surface area contributed by atoms with Crippen LogP contribution in [0.25, 0.3) is 5.69 Å². The number of aryl methyl sites for hydroxylation is 1. The van der Waals surface area contributed by atoms with Gasteiger partial charge in [-0.25, -0.2) is 0 Å². The summed E-state index contributed by atoms with van der Waals surface area (Å²) in [6.07, 6.45) is 3.95. The van der Waals surface area contributed by atoms with Gasteiger partial charge in [0.2, 0.25) is 0 Å². The average molecular weight is 323 g/mol. The molecule has 116 valence electrons. The first-order valence-electron chi connectivity index (χ1n) is 7.34. The normalized spacial score (nSPS) is 12.0. The molecule has 0 aliphatic heterocycles. The number of carbonyl (C=O) groups is 1. The Hall–Kier alpha value is -2.46. The van der Waals surface area contributed by atoms with E-state index in [1.54, 1.807) is 0 Å². The summed E-state index contributed by atoms with van der Waals surface area (Å²) in [6, 6.07) is 19.3. The summed E-state index contributed by atoms with van der Waals surface area (Å²) in [6.45, 7) is 2.04. The molecule has 0 saturated heterocycles. The van der Waals surface area contributed by atoms with Crippen molar-refractivity contribution in [2.75, 3.05) is 0 Å². The largest absolute Gasteiger partial charge is 0.480 e. The zero-order valence-electron chi connectivity index (χ0n) is 12.7. The average Bonchev–Trinajstić information content (AvgIpc) is 3.07. The van der Waals surface area contributed by atoms with E-state index in [1.807, 2.05) is 84.5 Å². The molecule has 3 aromatic rings. The zero-order chi connectivity index (χ0) is 16.2. The summed E-state index contributed by atoms with van der Waals surface area (Å²) in [4.78, 5) is 12.7. The first kappa shape index (κ1) is 15.4. The number of aliphatic carboxylic acids is 1. The molecule has 0 aliphatic rings. The molecule has 3 nitrogen and oxygen atoms in total. The highest BCUT2D eigenvalue weighted by atomic mass is 32.2. The molecule has 1 heterocycles. The number of nitrogens with zero attached hydrogens (tertiary/aromatic N) is 1. The van der Waals surface area contributed by atoms with Crippen LogP contribution in [0.3, 0.4) is 0 Å². The quantitative estimate of drug-likeness (QED) is 0.692. The van der Waals surface area contributed by atoms with Gasteiger partial charge in [-0.15, -0.1) is 11.8 Å². The minimum absolute atomic E-state index is 0.632. The van der Waals surface area contributed by atoms with Crippen molar-refractivity contribution < 1.29 is 9.90 Å². The van der Waals surface area contributed by atoms with Crippen LogP contribution >= 0.6 is 11.8 Å². The van der Waals surface area contributed by atoms with Crippen LogP contribution in [0.15, 0.2) is 78.0 Å². The van der Waals surface area contributed by atoms with E-state index in [0.717, 1.165) is 21.7 Å². The molecule has 1 unspecified atom stereocenters. The predicted molar refractivity (Wildman–Crippen MR) is 93.2 cm³/mol. The Labute approximate surface area is 139 Å². The van der Waals surface area contributed by atoms with Crippen molar-refractivity contribution >= 4 is 17.7 Å². The maximum Gasteiger partial charge on any atom is 0.321 e. The molecule has 1 N–H and O–H groups in total. The number of carboxylic acid groups (broad SMARTS) is 1. The van der Waals surface area contributed by atoms with E-state index in [4.69, 9.17) is 0 Å². The van der Waals surface area contributed by atoms with Gasteiger partial charge in [0.05, 0.1) is 5.69 Å². The molecule has 0 saturated carbocycles. The van der Waals surface area contributed by atoms with E-state index < -0.39 is 11.2 Å². The number of thioether (sulfide) groups is 1. The van der Waals surface area contributed by atoms with Gasteiger partial charge in [0.25, 0.3) is 0 Å². The lowest BCUT2D eigenvalue weighted by molar-refractivity contribution is -0.136. The van der Waals surface area contributed by atoms with Gasteiger partial charge in [-0.2, -0.15) is 0 Å². The molecule has 0 radical (unpaired) electrons. The van der Waals surface area contributed by atoms with Crippen molar-refractivity contribution in [3.8, 4) is 5.69 Å². The second-order valence-corrected chi connectivity index (χ2v) is 6.41. The van der Waals surface area contributed by atoms with Crippen LogP contribution in [0, 0.1) is 6.92 Å². The molecule has 0 bridgehead atoms. The van der Waals surface area contributed by atoms with E-state index in [0.29, 0.717) is 0 Å². The molecule has 3 rings (SSSR count). The monoisotopic (exact) mass is 323 g/mol. The van der Waals surface area contributed by atoms with Gasteiger partial charge in [0.1, 0.15) is 5.25 Å². The number of benzene rings is 2. The SMILES string of the molecule is Cc1cccc(SC(C(=O)O)c2ccccc2)c1-n1cccc1.